The van der Waals surface area contributed by atoms with Crippen molar-refractivity contribution < 1.29 is 9.90 Å². The maximum absolute atomic E-state index is 12.8. The van der Waals surface area contributed by atoms with Crippen LogP contribution in [0.4, 0.5) is 0 Å². The van der Waals surface area contributed by atoms with Gasteiger partial charge in [-0.1, -0.05) is 18.8 Å². The Morgan fingerprint density at radius 3 is 3.14 bits per heavy atom. The minimum Gasteiger partial charge on any atom is -0.395 e. The Hall–Kier alpha value is -1.51. The van der Waals surface area contributed by atoms with Gasteiger partial charge < -0.3 is 10.0 Å². The number of hydrogen-bond acceptors (Lipinski definition) is 4. The summed E-state index contributed by atoms with van der Waals surface area (Å²) in [5.41, 5.74) is 1.23. The van der Waals surface area contributed by atoms with E-state index in [2.05, 4.69) is 30.7 Å². The first-order valence-corrected chi connectivity index (χ1v) is 8.16. The molecule has 2 atom stereocenters. The summed E-state index contributed by atoms with van der Waals surface area (Å²) in [5.74, 6) is 6.77. The lowest BCUT2D eigenvalue weighted by Crippen LogP contribution is -2.48. The summed E-state index contributed by atoms with van der Waals surface area (Å²) < 4.78 is 0. The third kappa shape index (κ3) is 3.78. The second kappa shape index (κ2) is 7.48. The van der Waals surface area contributed by atoms with Crippen molar-refractivity contribution in [2.75, 3.05) is 18.9 Å². The van der Waals surface area contributed by atoms with Crippen LogP contribution in [-0.4, -0.2) is 51.1 Å². The van der Waals surface area contributed by atoms with Crippen LogP contribution < -0.4 is 0 Å². The van der Waals surface area contributed by atoms with Gasteiger partial charge in [0.1, 0.15) is 0 Å². The van der Waals surface area contributed by atoms with E-state index in [4.69, 9.17) is 5.11 Å². The number of thioether (sulfide) groups is 1. The van der Waals surface area contributed by atoms with Crippen LogP contribution in [0.15, 0.2) is 18.5 Å². The number of carbonyl (C=O) groups is 1. The Morgan fingerprint density at radius 2 is 2.38 bits per heavy atom. The number of pyridine rings is 1. The fraction of sp³-hybridized carbons (Fsp3) is 0.500. The third-order valence-electron chi connectivity index (χ3n) is 3.66. The average molecular weight is 304 g/mol. The van der Waals surface area contributed by atoms with Crippen molar-refractivity contribution in [3.8, 4) is 11.8 Å². The fourth-order valence-electron chi connectivity index (χ4n) is 2.27. The molecule has 0 spiro atoms. The van der Waals surface area contributed by atoms with Crippen molar-refractivity contribution in [1.82, 2.24) is 9.88 Å². The van der Waals surface area contributed by atoms with E-state index in [9.17, 15) is 4.79 Å². The van der Waals surface area contributed by atoms with Crippen LogP contribution >= 0.6 is 11.8 Å². The van der Waals surface area contributed by atoms with E-state index in [0.29, 0.717) is 22.8 Å². The number of aliphatic hydroxyl groups is 1. The number of aromatic nitrogens is 1. The van der Waals surface area contributed by atoms with Crippen molar-refractivity contribution in [1.29, 1.82) is 0 Å². The molecule has 1 aromatic rings. The first kappa shape index (κ1) is 15.9. The molecule has 1 aliphatic rings. The van der Waals surface area contributed by atoms with Gasteiger partial charge in [0.2, 0.25) is 0 Å². The minimum absolute atomic E-state index is 0.0188. The van der Waals surface area contributed by atoms with Crippen molar-refractivity contribution in [2.24, 2.45) is 0 Å². The van der Waals surface area contributed by atoms with Crippen LogP contribution in [0.2, 0.25) is 0 Å². The van der Waals surface area contributed by atoms with Gasteiger partial charge in [-0.25, -0.2) is 0 Å². The molecule has 112 valence electrons. The maximum Gasteiger partial charge on any atom is 0.255 e. The highest BCUT2D eigenvalue weighted by Crippen LogP contribution is 2.26. The first-order valence-electron chi connectivity index (χ1n) is 7.11. The van der Waals surface area contributed by atoms with Crippen molar-refractivity contribution in [3.05, 3.63) is 29.6 Å². The van der Waals surface area contributed by atoms with E-state index in [-0.39, 0.29) is 18.6 Å². The number of rotatable bonds is 2. The quantitative estimate of drug-likeness (QED) is 0.846. The summed E-state index contributed by atoms with van der Waals surface area (Å²) in [7, 11) is 0. The van der Waals surface area contributed by atoms with Crippen LogP contribution in [-0.2, 0) is 0 Å². The number of amides is 1. The van der Waals surface area contributed by atoms with Gasteiger partial charge in [-0.05, 0) is 13.0 Å². The zero-order chi connectivity index (χ0) is 15.2. The molecule has 0 aliphatic carbocycles. The van der Waals surface area contributed by atoms with Crippen LogP contribution in [0.3, 0.4) is 0 Å². The zero-order valence-corrected chi connectivity index (χ0v) is 13.2. The lowest BCUT2D eigenvalue weighted by atomic mass is 10.1. The predicted octanol–water partition coefficient (Wildman–Crippen LogP) is 1.78. The molecule has 1 fully saturated rings. The first-order chi connectivity index (χ1) is 10.1. The van der Waals surface area contributed by atoms with E-state index in [1.54, 1.807) is 18.5 Å². The van der Waals surface area contributed by atoms with Crippen LogP contribution in [0.25, 0.3) is 0 Å². The number of aliphatic hydroxyl groups excluding tert-OH is 1. The summed E-state index contributed by atoms with van der Waals surface area (Å²) in [6, 6.07) is 1.94. The number of carbonyl (C=O) groups excluding carboxylic acids is 1. The molecule has 1 N–H and O–H groups in total. The van der Waals surface area contributed by atoms with Crippen molar-refractivity contribution >= 4 is 17.7 Å². The third-order valence-corrected chi connectivity index (χ3v) is 4.99. The largest absolute Gasteiger partial charge is 0.395 e. The van der Waals surface area contributed by atoms with Gasteiger partial charge in [0, 0.05) is 42.4 Å². The Kier molecular flexibility index (Phi) is 5.66. The molecular weight excluding hydrogens is 284 g/mol. The van der Waals surface area contributed by atoms with Crippen LogP contribution in [0.1, 0.15) is 36.2 Å². The molecular formula is C16H20N2O2S. The summed E-state index contributed by atoms with van der Waals surface area (Å²) >= 11 is 1.90. The molecule has 5 heteroatoms. The summed E-state index contributed by atoms with van der Waals surface area (Å²) in [5, 5.41) is 9.23. The monoisotopic (exact) mass is 304 g/mol. The maximum atomic E-state index is 12.8. The highest BCUT2D eigenvalue weighted by Gasteiger charge is 2.30. The second-order valence-corrected chi connectivity index (χ2v) is 6.50. The van der Waals surface area contributed by atoms with E-state index in [0.717, 1.165) is 12.3 Å². The zero-order valence-electron chi connectivity index (χ0n) is 12.4. The molecule has 0 radical (unpaired) electrons. The van der Waals surface area contributed by atoms with E-state index in [1.165, 1.54) is 0 Å². The van der Waals surface area contributed by atoms with Gasteiger partial charge in [0.15, 0.2) is 0 Å². The molecule has 0 aromatic carbocycles. The fourth-order valence-corrected chi connectivity index (χ4v) is 3.37. The summed E-state index contributed by atoms with van der Waals surface area (Å²) in [6.07, 6.45) is 3.64. The molecule has 21 heavy (non-hydrogen) atoms. The predicted molar refractivity (Wildman–Crippen MR) is 85.2 cm³/mol. The van der Waals surface area contributed by atoms with Gasteiger partial charge in [-0.15, -0.1) is 0 Å². The molecule has 2 heterocycles. The van der Waals surface area contributed by atoms with Gasteiger partial charge in [-0.3, -0.25) is 9.78 Å². The Bertz CT molecular complexity index is 565. The SMILES string of the molecule is CC1SCCN(C(=O)c2ccncc2C#CCCO)C1C. The normalized spacial score (nSPS) is 21.6. The van der Waals surface area contributed by atoms with Crippen LogP contribution in [0.5, 0.6) is 0 Å². The highest BCUT2D eigenvalue weighted by atomic mass is 32.2. The van der Waals surface area contributed by atoms with Gasteiger partial charge in [0.05, 0.1) is 17.7 Å². The number of hydrogen-bond donors (Lipinski definition) is 1. The topological polar surface area (TPSA) is 53.4 Å². The lowest BCUT2D eigenvalue weighted by Gasteiger charge is -2.37. The minimum atomic E-state index is 0.0188. The summed E-state index contributed by atoms with van der Waals surface area (Å²) in [4.78, 5) is 18.8. The van der Waals surface area contributed by atoms with Crippen molar-refractivity contribution in [2.45, 2.75) is 31.6 Å². The van der Waals surface area contributed by atoms with E-state index in [1.807, 2.05) is 16.7 Å². The molecule has 4 nitrogen and oxygen atoms in total. The highest BCUT2D eigenvalue weighted by molar-refractivity contribution is 8.00. The Labute approximate surface area is 129 Å². The van der Waals surface area contributed by atoms with E-state index < -0.39 is 0 Å². The Balaban J connectivity index is 2.25. The summed E-state index contributed by atoms with van der Waals surface area (Å²) in [6.45, 7) is 5.03. The lowest BCUT2D eigenvalue weighted by molar-refractivity contribution is 0.0698. The molecule has 0 saturated carbocycles. The number of nitrogens with zero attached hydrogens (tertiary/aromatic N) is 2. The molecule has 2 rings (SSSR count). The standard InChI is InChI=1S/C16H20N2O2S/c1-12-13(2)21-10-8-18(12)16(20)15-6-7-17-11-14(15)5-3-4-9-19/h6-7,11-13,19H,4,8-10H2,1-2H3. The second-order valence-electron chi connectivity index (χ2n) is 5.01. The smallest absolute Gasteiger partial charge is 0.255 e. The molecule has 1 amide bonds. The van der Waals surface area contributed by atoms with E-state index >= 15 is 0 Å². The molecule has 1 aromatic heterocycles. The molecule has 1 saturated heterocycles. The van der Waals surface area contributed by atoms with Gasteiger partial charge in [0.25, 0.3) is 5.91 Å². The Morgan fingerprint density at radius 1 is 1.57 bits per heavy atom. The van der Waals surface area contributed by atoms with Gasteiger partial charge >= 0.3 is 0 Å². The van der Waals surface area contributed by atoms with Crippen molar-refractivity contribution in [3.63, 3.8) is 0 Å². The average Bonchev–Trinajstić information content (AvgIpc) is 2.50. The van der Waals surface area contributed by atoms with Crippen LogP contribution in [0, 0.1) is 11.8 Å². The van der Waals surface area contributed by atoms with Gasteiger partial charge in [-0.2, -0.15) is 11.8 Å². The molecule has 0 bridgehead atoms. The molecule has 1 aliphatic heterocycles. The molecule has 2 unspecified atom stereocenters.